The van der Waals surface area contributed by atoms with Gasteiger partial charge in [0, 0.05) is 18.2 Å². The lowest BCUT2D eigenvalue weighted by atomic mass is 10.0. The first-order chi connectivity index (χ1) is 12.7. The summed E-state index contributed by atoms with van der Waals surface area (Å²) in [6, 6.07) is 21.2. The topological polar surface area (TPSA) is 71.1 Å². The summed E-state index contributed by atoms with van der Waals surface area (Å²) < 4.78 is 0. The van der Waals surface area contributed by atoms with E-state index in [0.29, 0.717) is 17.7 Å². The van der Waals surface area contributed by atoms with Gasteiger partial charge in [0.2, 0.25) is 5.91 Å². The van der Waals surface area contributed by atoms with Gasteiger partial charge in [0.05, 0.1) is 11.9 Å². The lowest BCUT2D eigenvalue weighted by Gasteiger charge is -2.18. The Kier molecular flexibility index (Phi) is 5.72. The van der Waals surface area contributed by atoms with Crippen molar-refractivity contribution in [1.82, 2.24) is 10.3 Å². The predicted molar refractivity (Wildman–Crippen MR) is 101 cm³/mol. The van der Waals surface area contributed by atoms with Crippen molar-refractivity contribution in [2.75, 3.05) is 5.32 Å². The van der Waals surface area contributed by atoms with Crippen LogP contribution in [0.3, 0.4) is 0 Å². The number of benzene rings is 2. The smallest absolute Gasteiger partial charge is 0.251 e. The molecule has 0 aliphatic heterocycles. The zero-order chi connectivity index (χ0) is 18.2. The first-order valence-corrected chi connectivity index (χ1v) is 8.33. The van der Waals surface area contributed by atoms with Gasteiger partial charge < -0.3 is 10.6 Å². The van der Waals surface area contributed by atoms with Gasteiger partial charge in [0.15, 0.2) is 0 Å². The standard InChI is InChI=1S/C21H19N3O2/c25-20(17-10-5-2-6-11-17)24-19(14-16-8-3-1-4-9-16)21(26)23-18-12-7-13-22-15-18/h1-13,15,19H,14H2,(H,23,26)(H,24,25). The van der Waals surface area contributed by atoms with Gasteiger partial charge >= 0.3 is 0 Å². The van der Waals surface area contributed by atoms with Crippen LogP contribution >= 0.6 is 0 Å². The van der Waals surface area contributed by atoms with Gasteiger partial charge in [-0.1, -0.05) is 48.5 Å². The van der Waals surface area contributed by atoms with Crippen LogP contribution in [0.5, 0.6) is 0 Å². The van der Waals surface area contributed by atoms with E-state index >= 15 is 0 Å². The fourth-order valence-corrected chi connectivity index (χ4v) is 2.56. The molecule has 130 valence electrons. The van der Waals surface area contributed by atoms with Crippen LogP contribution in [0, 0.1) is 0 Å². The van der Waals surface area contributed by atoms with Crippen molar-refractivity contribution in [2.24, 2.45) is 0 Å². The summed E-state index contributed by atoms with van der Waals surface area (Å²) >= 11 is 0. The third-order valence-electron chi connectivity index (χ3n) is 3.87. The van der Waals surface area contributed by atoms with E-state index in [-0.39, 0.29) is 11.8 Å². The van der Waals surface area contributed by atoms with Crippen LogP contribution in [0.25, 0.3) is 0 Å². The maximum absolute atomic E-state index is 12.7. The molecule has 0 spiro atoms. The van der Waals surface area contributed by atoms with Crippen molar-refractivity contribution in [3.05, 3.63) is 96.3 Å². The Morgan fingerprint density at radius 1 is 0.885 bits per heavy atom. The Labute approximate surface area is 152 Å². The Morgan fingerprint density at radius 2 is 1.58 bits per heavy atom. The Morgan fingerprint density at radius 3 is 2.23 bits per heavy atom. The zero-order valence-corrected chi connectivity index (χ0v) is 14.1. The lowest BCUT2D eigenvalue weighted by molar-refractivity contribution is -0.118. The fraction of sp³-hybridized carbons (Fsp3) is 0.0952. The van der Waals surface area contributed by atoms with Gasteiger partial charge in [0.25, 0.3) is 5.91 Å². The zero-order valence-electron chi connectivity index (χ0n) is 14.1. The minimum absolute atomic E-state index is 0.284. The molecule has 1 aromatic heterocycles. The summed E-state index contributed by atoms with van der Waals surface area (Å²) in [4.78, 5) is 29.2. The van der Waals surface area contributed by atoms with Crippen LogP contribution in [-0.2, 0) is 11.2 Å². The van der Waals surface area contributed by atoms with E-state index in [4.69, 9.17) is 0 Å². The third kappa shape index (κ3) is 4.77. The van der Waals surface area contributed by atoms with Gasteiger partial charge in [0.1, 0.15) is 6.04 Å². The van der Waals surface area contributed by atoms with Gasteiger partial charge in [-0.05, 0) is 29.8 Å². The minimum atomic E-state index is -0.703. The molecule has 3 aromatic rings. The second-order valence-corrected chi connectivity index (χ2v) is 5.81. The van der Waals surface area contributed by atoms with Gasteiger partial charge in [-0.15, -0.1) is 0 Å². The van der Waals surface area contributed by atoms with Crippen molar-refractivity contribution in [3.8, 4) is 0 Å². The summed E-state index contributed by atoms with van der Waals surface area (Å²) in [5.74, 6) is -0.570. The number of nitrogens with zero attached hydrogens (tertiary/aromatic N) is 1. The number of pyridine rings is 1. The molecule has 3 rings (SSSR count). The SMILES string of the molecule is O=C(NC(Cc1ccccc1)C(=O)Nc1cccnc1)c1ccccc1. The number of hydrogen-bond acceptors (Lipinski definition) is 3. The van der Waals surface area contributed by atoms with E-state index in [1.807, 2.05) is 36.4 Å². The highest BCUT2D eigenvalue weighted by atomic mass is 16.2. The van der Waals surface area contributed by atoms with Crippen molar-refractivity contribution in [1.29, 1.82) is 0 Å². The molecule has 2 aromatic carbocycles. The van der Waals surface area contributed by atoms with Crippen LogP contribution < -0.4 is 10.6 Å². The monoisotopic (exact) mass is 345 g/mol. The lowest BCUT2D eigenvalue weighted by Crippen LogP contribution is -2.45. The molecule has 0 aliphatic carbocycles. The minimum Gasteiger partial charge on any atom is -0.340 e. The average molecular weight is 345 g/mol. The normalized spacial score (nSPS) is 11.4. The van der Waals surface area contributed by atoms with Crippen molar-refractivity contribution >= 4 is 17.5 Å². The first kappa shape index (κ1) is 17.4. The molecule has 0 bridgehead atoms. The maximum atomic E-state index is 12.7. The van der Waals surface area contributed by atoms with E-state index in [9.17, 15) is 9.59 Å². The highest BCUT2D eigenvalue weighted by molar-refractivity contribution is 6.01. The summed E-state index contributed by atoms with van der Waals surface area (Å²) in [7, 11) is 0. The molecule has 2 amide bonds. The highest BCUT2D eigenvalue weighted by Gasteiger charge is 2.22. The largest absolute Gasteiger partial charge is 0.340 e. The van der Waals surface area contributed by atoms with Gasteiger partial charge in [-0.25, -0.2) is 0 Å². The molecule has 2 N–H and O–H groups in total. The molecule has 0 saturated heterocycles. The highest BCUT2D eigenvalue weighted by Crippen LogP contribution is 2.09. The Balaban J connectivity index is 1.76. The van der Waals surface area contributed by atoms with Crippen LogP contribution in [0.1, 0.15) is 15.9 Å². The van der Waals surface area contributed by atoms with E-state index < -0.39 is 6.04 Å². The van der Waals surface area contributed by atoms with Crippen LogP contribution in [0.4, 0.5) is 5.69 Å². The summed E-state index contributed by atoms with van der Waals surface area (Å²) in [6.45, 7) is 0. The van der Waals surface area contributed by atoms with Crippen LogP contribution in [0.2, 0.25) is 0 Å². The molecule has 5 heteroatoms. The number of carbonyl (C=O) groups excluding carboxylic acids is 2. The Bertz CT molecular complexity index is 852. The number of nitrogens with one attached hydrogen (secondary N) is 2. The fourth-order valence-electron chi connectivity index (χ4n) is 2.56. The quantitative estimate of drug-likeness (QED) is 0.721. The van der Waals surface area contributed by atoms with Gasteiger partial charge in [-0.3, -0.25) is 14.6 Å². The molecule has 26 heavy (non-hydrogen) atoms. The predicted octanol–water partition coefficient (Wildman–Crippen LogP) is 3.06. The molecular formula is C21H19N3O2. The second-order valence-electron chi connectivity index (χ2n) is 5.81. The number of hydrogen-bond donors (Lipinski definition) is 2. The van der Waals surface area contributed by atoms with Crippen molar-refractivity contribution in [3.63, 3.8) is 0 Å². The summed E-state index contributed by atoms with van der Waals surface area (Å²) in [6.07, 6.45) is 3.59. The first-order valence-electron chi connectivity index (χ1n) is 8.33. The molecule has 1 atom stereocenters. The van der Waals surface area contributed by atoms with Crippen molar-refractivity contribution < 1.29 is 9.59 Å². The molecule has 0 fully saturated rings. The maximum Gasteiger partial charge on any atom is 0.251 e. The van der Waals surface area contributed by atoms with E-state index in [1.165, 1.54) is 0 Å². The molecule has 5 nitrogen and oxygen atoms in total. The summed E-state index contributed by atoms with van der Waals surface area (Å²) in [5, 5.41) is 5.63. The molecule has 0 aliphatic rings. The van der Waals surface area contributed by atoms with E-state index in [2.05, 4.69) is 15.6 Å². The summed E-state index contributed by atoms with van der Waals surface area (Å²) in [5.41, 5.74) is 2.07. The number of rotatable bonds is 6. The molecule has 1 unspecified atom stereocenters. The van der Waals surface area contributed by atoms with E-state index in [0.717, 1.165) is 5.56 Å². The number of aromatic nitrogens is 1. The third-order valence-corrected chi connectivity index (χ3v) is 3.87. The number of carbonyl (C=O) groups is 2. The van der Waals surface area contributed by atoms with E-state index in [1.54, 1.807) is 48.8 Å². The van der Waals surface area contributed by atoms with Crippen molar-refractivity contribution in [2.45, 2.75) is 12.5 Å². The molecular weight excluding hydrogens is 326 g/mol. The average Bonchev–Trinajstić information content (AvgIpc) is 2.69. The Hall–Kier alpha value is -3.47. The van der Waals surface area contributed by atoms with Gasteiger partial charge in [-0.2, -0.15) is 0 Å². The number of anilines is 1. The molecule has 1 heterocycles. The molecule has 0 saturated carbocycles. The van der Waals surface area contributed by atoms with Crippen LogP contribution in [-0.4, -0.2) is 22.8 Å². The number of amides is 2. The van der Waals surface area contributed by atoms with Crippen LogP contribution in [0.15, 0.2) is 85.2 Å². The molecule has 0 radical (unpaired) electrons. The second kappa shape index (κ2) is 8.58.